The summed E-state index contributed by atoms with van der Waals surface area (Å²) < 4.78 is 40.2. The number of carbonyl (C=O) groups excluding carboxylic acids is 1. The molecule has 3 heterocycles. The molecular weight excluding hydrogens is 669 g/mol. The van der Waals surface area contributed by atoms with Crippen molar-refractivity contribution in [2.75, 3.05) is 56.3 Å². The highest BCUT2D eigenvalue weighted by Gasteiger charge is 2.41. The Labute approximate surface area is 298 Å². The van der Waals surface area contributed by atoms with E-state index in [9.17, 15) is 13.2 Å². The van der Waals surface area contributed by atoms with Crippen LogP contribution in [0.5, 0.6) is 5.75 Å². The lowest BCUT2D eigenvalue weighted by Gasteiger charge is -2.28. The van der Waals surface area contributed by atoms with E-state index in [2.05, 4.69) is 25.3 Å². The van der Waals surface area contributed by atoms with E-state index in [1.165, 1.54) is 7.11 Å². The molecule has 13 nitrogen and oxygen atoms in total. The fourth-order valence-corrected chi connectivity index (χ4v) is 7.01. The van der Waals surface area contributed by atoms with Gasteiger partial charge in [0.05, 0.1) is 61.7 Å². The lowest BCUT2D eigenvalue weighted by molar-refractivity contribution is 0.0382. The maximum absolute atomic E-state index is 14.1. The molecule has 2 aliphatic heterocycles. The third kappa shape index (κ3) is 7.72. The van der Waals surface area contributed by atoms with Crippen molar-refractivity contribution < 1.29 is 22.7 Å². The van der Waals surface area contributed by atoms with E-state index in [0.717, 1.165) is 59.5 Å². The number of nitrogens with zero attached hydrogens (tertiary/aromatic N) is 6. The number of benzene rings is 3. The molecule has 1 fully saturated rings. The van der Waals surface area contributed by atoms with E-state index in [0.29, 0.717) is 30.9 Å². The summed E-state index contributed by atoms with van der Waals surface area (Å²) >= 11 is 0. The Morgan fingerprint density at radius 1 is 1.02 bits per heavy atom. The minimum absolute atomic E-state index is 0.195. The Balaban J connectivity index is 1.41. The van der Waals surface area contributed by atoms with Gasteiger partial charge in [0, 0.05) is 37.2 Å². The summed E-state index contributed by atoms with van der Waals surface area (Å²) in [5.41, 5.74) is 4.54. The summed E-state index contributed by atoms with van der Waals surface area (Å²) in [5, 5.41) is 20.9. The molecule has 0 bridgehead atoms. The first-order chi connectivity index (χ1) is 24.3. The average molecular weight is 713 g/mol. The molecule has 0 spiro atoms. The molecule has 1 atom stereocenters. The first kappa shape index (κ1) is 35.9. The third-order valence-electron chi connectivity index (χ3n) is 9.16. The van der Waals surface area contributed by atoms with Crippen molar-refractivity contribution in [1.29, 1.82) is 0 Å². The summed E-state index contributed by atoms with van der Waals surface area (Å²) in [6, 6.07) is 18.9. The van der Waals surface area contributed by atoms with Gasteiger partial charge in [-0.25, -0.2) is 13.1 Å². The van der Waals surface area contributed by atoms with Gasteiger partial charge in [-0.3, -0.25) is 14.4 Å². The Hall–Kier alpha value is -4.92. The van der Waals surface area contributed by atoms with E-state index in [1.54, 1.807) is 24.4 Å². The van der Waals surface area contributed by atoms with Crippen LogP contribution >= 0.6 is 0 Å². The molecule has 1 amide bonds. The van der Waals surface area contributed by atoms with Crippen LogP contribution < -0.4 is 14.8 Å². The number of amides is 1. The molecule has 1 unspecified atom stereocenters. The molecule has 2 N–H and O–H groups in total. The smallest absolute Gasteiger partial charge is 0.255 e. The molecule has 0 radical (unpaired) electrons. The van der Waals surface area contributed by atoms with Crippen LogP contribution in [-0.2, 0) is 32.1 Å². The minimum Gasteiger partial charge on any atom is -0.492 e. The fraction of sp³-hybridized carbons (Fsp3) is 0.378. The van der Waals surface area contributed by atoms with Gasteiger partial charge in [0.25, 0.3) is 5.91 Å². The number of nitrogens with one attached hydrogen (secondary N) is 2. The number of sulfonamides is 1. The normalized spacial score (nSPS) is 17.8. The Kier molecular flexibility index (Phi) is 10.1. The zero-order chi connectivity index (χ0) is 36.4. The molecule has 0 aliphatic carbocycles. The molecule has 51 heavy (non-hydrogen) atoms. The molecule has 268 valence electrons. The second-order valence-corrected chi connectivity index (χ2v) is 15.6. The van der Waals surface area contributed by atoms with E-state index in [1.807, 2.05) is 81.0 Å². The molecule has 0 saturated carbocycles. The summed E-state index contributed by atoms with van der Waals surface area (Å²) in [7, 11) is -2.21. The Morgan fingerprint density at radius 2 is 1.75 bits per heavy atom. The highest BCUT2D eigenvalue weighted by atomic mass is 32.2. The van der Waals surface area contributed by atoms with E-state index in [-0.39, 0.29) is 16.9 Å². The Bertz CT molecular complexity index is 2070. The third-order valence-corrected chi connectivity index (χ3v) is 9.75. The molecule has 2 aliphatic rings. The Morgan fingerprint density at radius 3 is 2.39 bits per heavy atom. The van der Waals surface area contributed by atoms with Crippen LogP contribution in [0.4, 0.5) is 11.4 Å². The first-order valence-electron chi connectivity index (χ1n) is 16.8. The number of morpholine rings is 1. The maximum atomic E-state index is 14.1. The SMILES string of the molecule is COc1c(NC(=O)c2ccc(C)c(C3(c4cnn(-c5ccccc5)c4CCN4CCOCC4)C=NN=N3)c2)cc(C(C)(C)C)cc1NS(C)(=O)=O. The van der Waals surface area contributed by atoms with Crippen LogP contribution in [0.2, 0.25) is 0 Å². The van der Waals surface area contributed by atoms with Crippen molar-refractivity contribution >= 4 is 33.5 Å². The standard InChI is InChI=1S/C37H44N8O5S/c1-25-12-13-26(35(46)40-31-21-27(36(2,3)4)22-32(34(31)49-5)41-51(6,47)48)20-29(25)37(24-38-43-42-37)30-23-39-45(28-10-8-7-9-11-28)33(30)14-15-44-16-18-50-19-17-44/h7-13,20-24,41H,14-19H2,1-6H3,(H,40,46). The molecular formula is C37H44N8O5S. The molecule has 4 aromatic rings. The van der Waals surface area contributed by atoms with Gasteiger partial charge in [-0.2, -0.15) is 5.10 Å². The quantitative estimate of drug-likeness (QED) is 0.203. The van der Waals surface area contributed by atoms with E-state index in [4.69, 9.17) is 19.7 Å². The molecule has 14 heteroatoms. The van der Waals surface area contributed by atoms with Crippen LogP contribution in [-0.4, -0.2) is 81.4 Å². The van der Waals surface area contributed by atoms with Gasteiger partial charge >= 0.3 is 0 Å². The van der Waals surface area contributed by atoms with E-state index >= 15 is 0 Å². The second kappa shape index (κ2) is 14.4. The predicted octanol–water partition coefficient (Wildman–Crippen LogP) is 5.68. The summed E-state index contributed by atoms with van der Waals surface area (Å²) in [6.07, 6.45) is 5.28. The summed E-state index contributed by atoms with van der Waals surface area (Å²) in [5.74, 6) is -0.221. The van der Waals surface area contributed by atoms with Gasteiger partial charge in [-0.05, 0) is 70.7 Å². The number of hydrogen-bond acceptors (Lipinski definition) is 10. The van der Waals surface area contributed by atoms with E-state index < -0.39 is 21.5 Å². The van der Waals surface area contributed by atoms with Crippen molar-refractivity contribution in [3.05, 3.63) is 100 Å². The molecule has 3 aromatic carbocycles. The molecule has 1 saturated heterocycles. The molecule has 6 rings (SSSR count). The molecule has 1 aromatic heterocycles. The zero-order valence-corrected chi connectivity index (χ0v) is 30.6. The van der Waals surface area contributed by atoms with Crippen LogP contribution in [0.1, 0.15) is 59.1 Å². The van der Waals surface area contributed by atoms with Gasteiger partial charge in [-0.1, -0.05) is 45.0 Å². The average Bonchev–Trinajstić information content (AvgIpc) is 3.76. The first-order valence-corrected chi connectivity index (χ1v) is 18.7. The number of hydrogen-bond donors (Lipinski definition) is 2. The van der Waals surface area contributed by atoms with Gasteiger partial charge in [0.15, 0.2) is 11.3 Å². The number of para-hydroxylation sites is 1. The highest BCUT2D eigenvalue weighted by Crippen LogP contribution is 2.42. The van der Waals surface area contributed by atoms with Gasteiger partial charge in [0.2, 0.25) is 10.0 Å². The van der Waals surface area contributed by atoms with Gasteiger partial charge < -0.3 is 14.8 Å². The van der Waals surface area contributed by atoms with Crippen LogP contribution in [0.3, 0.4) is 0 Å². The lowest BCUT2D eigenvalue weighted by Crippen LogP contribution is -2.38. The van der Waals surface area contributed by atoms with Crippen molar-refractivity contribution in [3.63, 3.8) is 0 Å². The summed E-state index contributed by atoms with van der Waals surface area (Å²) in [4.78, 5) is 16.4. The van der Waals surface area contributed by atoms with Crippen LogP contribution in [0, 0.1) is 6.92 Å². The van der Waals surface area contributed by atoms with Gasteiger partial charge in [-0.15, -0.1) is 10.2 Å². The number of aryl methyl sites for hydroxylation is 1. The number of rotatable bonds is 11. The van der Waals surface area contributed by atoms with Crippen molar-refractivity contribution in [2.24, 2.45) is 15.4 Å². The summed E-state index contributed by atoms with van der Waals surface area (Å²) in [6.45, 7) is 11.9. The number of methoxy groups -OCH3 is 1. The highest BCUT2D eigenvalue weighted by molar-refractivity contribution is 7.92. The minimum atomic E-state index is -3.64. The number of carbonyl (C=O) groups is 1. The fourth-order valence-electron chi connectivity index (χ4n) is 6.46. The van der Waals surface area contributed by atoms with Gasteiger partial charge in [0.1, 0.15) is 0 Å². The van der Waals surface area contributed by atoms with Crippen molar-refractivity contribution in [2.45, 2.75) is 45.1 Å². The largest absolute Gasteiger partial charge is 0.492 e. The topological polar surface area (TPSA) is 152 Å². The lowest BCUT2D eigenvalue weighted by atomic mass is 9.81. The second-order valence-electron chi connectivity index (χ2n) is 13.9. The zero-order valence-electron chi connectivity index (χ0n) is 29.8. The monoisotopic (exact) mass is 712 g/mol. The number of aromatic nitrogens is 2. The van der Waals surface area contributed by atoms with Crippen molar-refractivity contribution in [1.82, 2.24) is 14.7 Å². The van der Waals surface area contributed by atoms with Crippen molar-refractivity contribution in [3.8, 4) is 11.4 Å². The number of anilines is 2. The van der Waals surface area contributed by atoms with Crippen LogP contribution in [0.15, 0.2) is 82.3 Å². The van der Waals surface area contributed by atoms with Crippen LogP contribution in [0.25, 0.3) is 5.69 Å². The predicted molar refractivity (Wildman–Crippen MR) is 198 cm³/mol. The maximum Gasteiger partial charge on any atom is 0.255 e. The number of ether oxygens (including phenoxy) is 2.